The molecule has 1 aromatic rings. The third kappa shape index (κ3) is 4.96. The molecule has 132 valence electrons. The van der Waals surface area contributed by atoms with E-state index in [9.17, 15) is 9.18 Å². The molecule has 1 amide bonds. The second kappa shape index (κ2) is 8.86. The van der Waals surface area contributed by atoms with E-state index < -0.39 is 0 Å². The molecule has 0 spiro atoms. The molecule has 2 saturated heterocycles. The van der Waals surface area contributed by atoms with Gasteiger partial charge in [-0.2, -0.15) is 11.8 Å². The van der Waals surface area contributed by atoms with Crippen molar-refractivity contribution in [2.75, 3.05) is 37.7 Å². The molecule has 1 unspecified atom stereocenters. The lowest BCUT2D eigenvalue weighted by Gasteiger charge is -2.36. The van der Waals surface area contributed by atoms with Crippen molar-refractivity contribution in [3.05, 3.63) is 35.6 Å². The van der Waals surface area contributed by atoms with Crippen molar-refractivity contribution in [1.29, 1.82) is 0 Å². The van der Waals surface area contributed by atoms with Gasteiger partial charge < -0.3 is 9.80 Å². The molecule has 1 atom stereocenters. The minimum absolute atomic E-state index is 0.186. The summed E-state index contributed by atoms with van der Waals surface area (Å²) >= 11 is 1.97. The fourth-order valence-corrected chi connectivity index (χ4v) is 4.68. The summed E-state index contributed by atoms with van der Waals surface area (Å²) < 4.78 is 13.1. The Balaban J connectivity index is 1.64. The largest absolute Gasteiger partial charge is 0.337 e. The van der Waals surface area contributed by atoms with Crippen LogP contribution in [0.15, 0.2) is 24.3 Å². The van der Waals surface area contributed by atoms with E-state index in [2.05, 4.69) is 9.80 Å². The van der Waals surface area contributed by atoms with Crippen LogP contribution >= 0.6 is 11.8 Å². The van der Waals surface area contributed by atoms with Crippen molar-refractivity contribution in [3.8, 4) is 0 Å². The summed E-state index contributed by atoms with van der Waals surface area (Å²) in [7, 11) is 0. The Labute approximate surface area is 148 Å². The van der Waals surface area contributed by atoms with E-state index >= 15 is 0 Å². The SMILES string of the molecule is O=C(Cc1ccc(F)cc1)N1CCCSCC1CN1CCCCC1. The molecule has 3 nitrogen and oxygen atoms in total. The Hall–Kier alpha value is -1.07. The predicted octanol–water partition coefficient (Wildman–Crippen LogP) is 3.19. The fourth-order valence-electron chi connectivity index (χ4n) is 3.63. The van der Waals surface area contributed by atoms with Crippen molar-refractivity contribution in [3.63, 3.8) is 0 Å². The van der Waals surface area contributed by atoms with Crippen LogP contribution in [0.3, 0.4) is 0 Å². The first-order valence-corrected chi connectivity index (χ1v) is 10.2. The van der Waals surface area contributed by atoms with Gasteiger partial charge >= 0.3 is 0 Å². The Bertz CT molecular complexity index is 531. The quantitative estimate of drug-likeness (QED) is 0.833. The molecule has 2 heterocycles. The summed E-state index contributed by atoms with van der Waals surface area (Å²) in [5.41, 5.74) is 0.898. The zero-order valence-electron chi connectivity index (χ0n) is 14.3. The smallest absolute Gasteiger partial charge is 0.227 e. The first-order chi connectivity index (χ1) is 11.7. The summed E-state index contributed by atoms with van der Waals surface area (Å²) in [5, 5.41) is 0. The second-order valence-corrected chi connectivity index (χ2v) is 7.98. The van der Waals surface area contributed by atoms with Gasteiger partial charge in [0.25, 0.3) is 0 Å². The third-order valence-corrected chi connectivity index (χ3v) is 6.14. The molecule has 2 aliphatic rings. The minimum atomic E-state index is -0.250. The molecule has 2 fully saturated rings. The molecular weight excluding hydrogens is 323 g/mol. The Morgan fingerprint density at radius 3 is 2.58 bits per heavy atom. The number of carbonyl (C=O) groups is 1. The summed E-state index contributed by atoms with van der Waals surface area (Å²) in [6, 6.07) is 6.63. The van der Waals surface area contributed by atoms with E-state index in [4.69, 9.17) is 0 Å². The zero-order valence-corrected chi connectivity index (χ0v) is 15.1. The molecule has 0 bridgehead atoms. The van der Waals surface area contributed by atoms with Crippen LogP contribution in [0.1, 0.15) is 31.2 Å². The predicted molar refractivity (Wildman–Crippen MR) is 97.8 cm³/mol. The maximum absolute atomic E-state index is 13.1. The van der Waals surface area contributed by atoms with Crippen LogP contribution in [0.4, 0.5) is 4.39 Å². The van der Waals surface area contributed by atoms with Gasteiger partial charge in [0.2, 0.25) is 5.91 Å². The number of halogens is 1. The summed E-state index contributed by atoms with van der Waals surface area (Å²) in [4.78, 5) is 17.5. The number of benzene rings is 1. The van der Waals surface area contributed by atoms with E-state index in [1.807, 2.05) is 11.8 Å². The summed E-state index contributed by atoms with van der Waals surface area (Å²) in [6.07, 6.45) is 5.34. The van der Waals surface area contributed by atoms with Gasteiger partial charge in [-0.05, 0) is 55.8 Å². The first-order valence-electron chi connectivity index (χ1n) is 9.06. The average Bonchev–Trinajstić information content (AvgIpc) is 2.83. The van der Waals surface area contributed by atoms with Gasteiger partial charge in [-0.3, -0.25) is 4.79 Å². The Morgan fingerprint density at radius 1 is 1.08 bits per heavy atom. The van der Waals surface area contributed by atoms with E-state index in [0.29, 0.717) is 12.5 Å². The lowest BCUT2D eigenvalue weighted by Crippen LogP contribution is -2.49. The van der Waals surface area contributed by atoms with Gasteiger partial charge in [0.1, 0.15) is 5.82 Å². The van der Waals surface area contributed by atoms with Crippen LogP contribution in [0.25, 0.3) is 0 Å². The van der Waals surface area contributed by atoms with Gasteiger partial charge in [-0.1, -0.05) is 18.6 Å². The Morgan fingerprint density at radius 2 is 1.83 bits per heavy atom. The normalized spacial score (nSPS) is 23.0. The number of likely N-dealkylation sites (tertiary alicyclic amines) is 1. The fraction of sp³-hybridized carbons (Fsp3) is 0.632. The van der Waals surface area contributed by atoms with Crippen molar-refractivity contribution in [2.45, 2.75) is 38.1 Å². The molecule has 1 aromatic carbocycles. The highest BCUT2D eigenvalue weighted by molar-refractivity contribution is 7.99. The van der Waals surface area contributed by atoms with Crippen LogP contribution in [0.2, 0.25) is 0 Å². The standard InChI is InChI=1S/C19H27FN2OS/c20-17-7-5-16(6-8-17)13-19(23)22-11-4-12-24-15-18(22)14-21-9-2-1-3-10-21/h5-8,18H,1-4,9-15H2. The lowest BCUT2D eigenvalue weighted by molar-refractivity contribution is -0.132. The molecule has 2 aliphatic heterocycles. The number of piperidine rings is 1. The molecule has 0 saturated carbocycles. The lowest BCUT2D eigenvalue weighted by atomic mass is 10.1. The van der Waals surface area contributed by atoms with Crippen molar-refractivity contribution in [1.82, 2.24) is 9.80 Å². The number of carbonyl (C=O) groups excluding carboxylic acids is 1. The zero-order chi connectivity index (χ0) is 16.8. The van der Waals surface area contributed by atoms with Gasteiger partial charge in [0.15, 0.2) is 0 Å². The Kier molecular flexibility index (Phi) is 6.55. The second-order valence-electron chi connectivity index (χ2n) is 6.83. The topological polar surface area (TPSA) is 23.6 Å². The van der Waals surface area contributed by atoms with Gasteiger partial charge in [0.05, 0.1) is 12.5 Å². The van der Waals surface area contributed by atoms with Crippen molar-refractivity contribution < 1.29 is 9.18 Å². The van der Waals surface area contributed by atoms with Gasteiger partial charge in [-0.15, -0.1) is 0 Å². The molecular formula is C19H27FN2OS. The third-order valence-electron chi connectivity index (χ3n) is 4.95. The average molecular weight is 351 g/mol. The van der Waals surface area contributed by atoms with Crippen LogP contribution in [-0.4, -0.2) is 59.4 Å². The summed E-state index contributed by atoms with van der Waals surface area (Å²) in [6.45, 7) is 4.19. The maximum atomic E-state index is 13.1. The highest BCUT2D eigenvalue weighted by atomic mass is 32.2. The molecule has 0 radical (unpaired) electrons. The van der Waals surface area contributed by atoms with E-state index in [-0.39, 0.29) is 11.7 Å². The number of nitrogens with zero attached hydrogens (tertiary/aromatic N) is 2. The number of amides is 1. The molecule has 0 aliphatic carbocycles. The van der Waals surface area contributed by atoms with Gasteiger partial charge in [0, 0.05) is 18.8 Å². The van der Waals surface area contributed by atoms with Crippen LogP contribution in [0, 0.1) is 5.82 Å². The highest BCUT2D eigenvalue weighted by Crippen LogP contribution is 2.20. The monoisotopic (exact) mass is 350 g/mol. The van der Waals surface area contributed by atoms with Crippen LogP contribution < -0.4 is 0 Å². The van der Waals surface area contributed by atoms with Gasteiger partial charge in [-0.25, -0.2) is 4.39 Å². The summed E-state index contributed by atoms with van der Waals surface area (Å²) in [5.74, 6) is 2.11. The van der Waals surface area contributed by atoms with Crippen molar-refractivity contribution in [2.24, 2.45) is 0 Å². The van der Waals surface area contributed by atoms with Crippen molar-refractivity contribution >= 4 is 17.7 Å². The minimum Gasteiger partial charge on any atom is -0.337 e. The number of hydrogen-bond donors (Lipinski definition) is 0. The van der Waals surface area contributed by atoms with Crippen LogP contribution in [-0.2, 0) is 11.2 Å². The number of rotatable bonds is 4. The molecule has 3 rings (SSSR count). The molecule has 24 heavy (non-hydrogen) atoms. The van der Waals surface area contributed by atoms with E-state index in [1.165, 1.54) is 44.5 Å². The van der Waals surface area contributed by atoms with E-state index in [1.54, 1.807) is 12.1 Å². The molecule has 5 heteroatoms. The first kappa shape index (κ1) is 17.7. The highest BCUT2D eigenvalue weighted by Gasteiger charge is 2.27. The molecule has 0 N–H and O–H groups in total. The maximum Gasteiger partial charge on any atom is 0.227 e. The number of hydrogen-bond acceptors (Lipinski definition) is 3. The molecule has 0 aromatic heterocycles. The number of thioether (sulfide) groups is 1. The van der Waals surface area contributed by atoms with E-state index in [0.717, 1.165) is 36.6 Å². The van der Waals surface area contributed by atoms with Crippen LogP contribution in [0.5, 0.6) is 0 Å².